The Morgan fingerprint density at radius 1 is 1.35 bits per heavy atom. The molecule has 1 aliphatic rings. The van der Waals surface area contributed by atoms with Crippen molar-refractivity contribution in [1.82, 2.24) is 4.98 Å². The van der Waals surface area contributed by atoms with Gasteiger partial charge in [-0.3, -0.25) is 4.79 Å². The predicted molar refractivity (Wildman–Crippen MR) is 78.6 cm³/mol. The van der Waals surface area contributed by atoms with Crippen LogP contribution in [0.5, 0.6) is 0 Å². The summed E-state index contributed by atoms with van der Waals surface area (Å²) in [7, 11) is 0.813. The molecule has 0 spiro atoms. The highest BCUT2D eigenvalue weighted by molar-refractivity contribution is 7.91. The van der Waals surface area contributed by atoms with Gasteiger partial charge in [0.2, 0.25) is 5.91 Å². The Morgan fingerprint density at radius 3 is 2.60 bits per heavy atom. The fourth-order valence-electron chi connectivity index (χ4n) is 2.14. The standard InChI is InChI=1S/C13H19N3O3S/c1-16(2)12-9-11(3-6-14-12)15-13(17)10-4-7-20(18,19)8-5-10/h3,6,9-10H,4-5,7-8H2,1-2H3,(H,14,15,17). The third-order valence-electron chi connectivity index (χ3n) is 3.40. The molecule has 7 heteroatoms. The normalized spacial score (nSPS) is 18.5. The van der Waals surface area contributed by atoms with Crippen molar-refractivity contribution in [1.29, 1.82) is 0 Å². The molecule has 1 aromatic heterocycles. The summed E-state index contributed by atoms with van der Waals surface area (Å²) in [6.07, 6.45) is 2.44. The lowest BCUT2D eigenvalue weighted by atomic mass is 10.0. The van der Waals surface area contributed by atoms with E-state index < -0.39 is 9.84 Å². The molecule has 2 rings (SSSR count). The van der Waals surface area contributed by atoms with E-state index in [4.69, 9.17) is 0 Å². The number of hydrogen-bond donors (Lipinski definition) is 1. The van der Waals surface area contributed by atoms with Crippen molar-refractivity contribution in [3.63, 3.8) is 0 Å². The first-order valence-corrected chi connectivity index (χ1v) is 8.34. The number of carbonyl (C=O) groups excluding carboxylic acids is 1. The highest BCUT2D eigenvalue weighted by atomic mass is 32.2. The van der Waals surface area contributed by atoms with Crippen LogP contribution in [0.1, 0.15) is 12.8 Å². The lowest BCUT2D eigenvalue weighted by Gasteiger charge is -2.21. The first-order chi connectivity index (χ1) is 9.37. The Morgan fingerprint density at radius 2 is 2.00 bits per heavy atom. The summed E-state index contributed by atoms with van der Waals surface area (Å²) in [6.45, 7) is 0. The molecule has 6 nitrogen and oxygen atoms in total. The van der Waals surface area contributed by atoms with Crippen LogP contribution in [0.4, 0.5) is 11.5 Å². The Hall–Kier alpha value is -1.63. The minimum atomic E-state index is -2.94. The first-order valence-electron chi connectivity index (χ1n) is 6.52. The second kappa shape index (κ2) is 5.78. The van der Waals surface area contributed by atoms with Gasteiger partial charge in [0.15, 0.2) is 0 Å². The van der Waals surface area contributed by atoms with E-state index in [2.05, 4.69) is 10.3 Å². The second-order valence-corrected chi connectivity index (χ2v) is 7.52. The third kappa shape index (κ3) is 3.69. The molecule has 110 valence electrons. The lowest BCUT2D eigenvalue weighted by molar-refractivity contribution is -0.120. The number of nitrogens with zero attached hydrogens (tertiary/aromatic N) is 2. The van der Waals surface area contributed by atoms with Crippen LogP contribution >= 0.6 is 0 Å². The van der Waals surface area contributed by atoms with Crippen LogP contribution in [-0.2, 0) is 14.6 Å². The third-order valence-corrected chi connectivity index (χ3v) is 5.11. The van der Waals surface area contributed by atoms with E-state index in [1.807, 2.05) is 19.0 Å². The average Bonchev–Trinajstić information content (AvgIpc) is 2.38. The minimum absolute atomic E-state index is 0.102. The topological polar surface area (TPSA) is 79.4 Å². The van der Waals surface area contributed by atoms with Crippen molar-refractivity contribution in [3.8, 4) is 0 Å². The van der Waals surface area contributed by atoms with Gasteiger partial charge < -0.3 is 10.2 Å². The summed E-state index contributed by atoms with van der Waals surface area (Å²) < 4.78 is 22.7. The van der Waals surface area contributed by atoms with Gasteiger partial charge in [0, 0.05) is 38.0 Å². The minimum Gasteiger partial charge on any atom is -0.363 e. The molecule has 0 saturated carbocycles. The van der Waals surface area contributed by atoms with Crippen LogP contribution in [0.25, 0.3) is 0 Å². The molecule has 0 unspecified atom stereocenters. The maximum absolute atomic E-state index is 12.1. The van der Waals surface area contributed by atoms with Crippen molar-refractivity contribution >= 4 is 27.2 Å². The molecule has 0 atom stereocenters. The summed E-state index contributed by atoms with van der Waals surface area (Å²) >= 11 is 0. The Bertz CT molecular complexity index is 585. The van der Waals surface area contributed by atoms with Crippen LogP contribution in [0.15, 0.2) is 18.3 Å². The maximum atomic E-state index is 12.1. The van der Waals surface area contributed by atoms with Crippen molar-refractivity contribution in [2.24, 2.45) is 5.92 Å². The molecule has 2 heterocycles. The highest BCUT2D eigenvalue weighted by Gasteiger charge is 2.28. The van der Waals surface area contributed by atoms with Crippen molar-refractivity contribution < 1.29 is 13.2 Å². The van der Waals surface area contributed by atoms with Gasteiger partial charge in [-0.2, -0.15) is 0 Å². The van der Waals surface area contributed by atoms with Gasteiger partial charge in [-0.05, 0) is 18.9 Å². The average molecular weight is 297 g/mol. The number of rotatable bonds is 3. The van der Waals surface area contributed by atoms with Crippen molar-refractivity contribution in [3.05, 3.63) is 18.3 Å². The Kier molecular flexibility index (Phi) is 4.27. The smallest absolute Gasteiger partial charge is 0.227 e. The molecule has 1 N–H and O–H groups in total. The Balaban J connectivity index is 2.00. The van der Waals surface area contributed by atoms with Crippen molar-refractivity contribution in [2.75, 3.05) is 35.8 Å². The maximum Gasteiger partial charge on any atom is 0.227 e. The molecule has 1 aromatic rings. The van der Waals surface area contributed by atoms with Gasteiger partial charge in [0.1, 0.15) is 15.7 Å². The highest BCUT2D eigenvalue weighted by Crippen LogP contribution is 2.21. The summed E-state index contributed by atoms with van der Waals surface area (Å²) in [5.74, 6) is 0.619. The van der Waals surface area contributed by atoms with Gasteiger partial charge in [0.25, 0.3) is 0 Å². The number of hydrogen-bond acceptors (Lipinski definition) is 5. The lowest BCUT2D eigenvalue weighted by Crippen LogP contribution is -2.31. The number of amides is 1. The monoisotopic (exact) mass is 297 g/mol. The quantitative estimate of drug-likeness (QED) is 0.897. The van der Waals surface area contributed by atoms with Crippen LogP contribution < -0.4 is 10.2 Å². The Labute approximate surface area is 119 Å². The van der Waals surface area contributed by atoms with Gasteiger partial charge in [-0.1, -0.05) is 0 Å². The number of anilines is 2. The molecule has 20 heavy (non-hydrogen) atoms. The zero-order chi connectivity index (χ0) is 14.8. The summed E-state index contributed by atoms with van der Waals surface area (Å²) in [4.78, 5) is 18.1. The van der Waals surface area contributed by atoms with Gasteiger partial charge >= 0.3 is 0 Å². The summed E-state index contributed by atoms with van der Waals surface area (Å²) in [5, 5.41) is 2.83. The van der Waals surface area contributed by atoms with Crippen molar-refractivity contribution in [2.45, 2.75) is 12.8 Å². The SMILES string of the molecule is CN(C)c1cc(NC(=O)C2CCS(=O)(=O)CC2)ccn1. The number of carbonyl (C=O) groups is 1. The number of pyridine rings is 1. The molecule has 0 aliphatic carbocycles. The van der Waals surface area contributed by atoms with Gasteiger partial charge in [-0.25, -0.2) is 13.4 Å². The molecular weight excluding hydrogens is 278 g/mol. The van der Waals surface area contributed by atoms with E-state index in [-0.39, 0.29) is 23.3 Å². The number of aromatic nitrogens is 1. The molecule has 1 fully saturated rings. The van der Waals surface area contributed by atoms with E-state index in [0.29, 0.717) is 18.5 Å². The first kappa shape index (κ1) is 14.8. The molecule has 0 aromatic carbocycles. The summed E-state index contributed by atoms with van der Waals surface area (Å²) in [6, 6.07) is 3.52. The zero-order valence-electron chi connectivity index (χ0n) is 11.7. The van der Waals surface area contributed by atoms with Crippen LogP contribution in [-0.4, -0.2) is 44.9 Å². The van der Waals surface area contributed by atoms with E-state index >= 15 is 0 Å². The van der Waals surface area contributed by atoms with Crippen LogP contribution in [0, 0.1) is 5.92 Å². The predicted octanol–water partition coefficient (Wildman–Crippen LogP) is 0.911. The second-order valence-electron chi connectivity index (χ2n) is 5.21. The largest absolute Gasteiger partial charge is 0.363 e. The van der Waals surface area contributed by atoms with E-state index in [1.165, 1.54) is 0 Å². The fourth-order valence-corrected chi connectivity index (χ4v) is 3.63. The zero-order valence-corrected chi connectivity index (χ0v) is 12.5. The molecule has 1 saturated heterocycles. The van der Waals surface area contributed by atoms with Gasteiger partial charge in [0.05, 0.1) is 11.5 Å². The fraction of sp³-hybridized carbons (Fsp3) is 0.538. The van der Waals surface area contributed by atoms with Crippen LogP contribution in [0.2, 0.25) is 0 Å². The molecule has 0 radical (unpaired) electrons. The molecule has 0 bridgehead atoms. The van der Waals surface area contributed by atoms with Gasteiger partial charge in [-0.15, -0.1) is 0 Å². The number of sulfone groups is 1. The summed E-state index contributed by atoms with van der Waals surface area (Å²) in [5.41, 5.74) is 0.683. The van der Waals surface area contributed by atoms with E-state index in [1.54, 1.807) is 18.3 Å². The van der Waals surface area contributed by atoms with E-state index in [0.717, 1.165) is 5.82 Å². The molecule has 1 aliphatic heterocycles. The molecule has 1 amide bonds. The molecular formula is C13H19N3O3S. The van der Waals surface area contributed by atoms with Crippen LogP contribution in [0.3, 0.4) is 0 Å². The van der Waals surface area contributed by atoms with E-state index in [9.17, 15) is 13.2 Å². The number of nitrogens with one attached hydrogen (secondary N) is 1.